The summed E-state index contributed by atoms with van der Waals surface area (Å²) in [5.74, 6) is 0.238. The van der Waals surface area contributed by atoms with Crippen molar-refractivity contribution in [2.45, 2.75) is 6.42 Å². The molecule has 3 heteroatoms. The molecule has 0 unspecified atom stereocenters. The molecule has 3 aromatic carbocycles. The van der Waals surface area contributed by atoms with Crippen molar-refractivity contribution in [3.63, 3.8) is 0 Å². The molecule has 138 valence electrons. The van der Waals surface area contributed by atoms with Crippen LogP contribution in [0, 0.1) is 0 Å². The van der Waals surface area contributed by atoms with Crippen molar-refractivity contribution in [2.24, 2.45) is 0 Å². The van der Waals surface area contributed by atoms with E-state index in [2.05, 4.69) is 91.0 Å². The first-order valence-electron chi connectivity index (χ1n) is 9.42. The van der Waals surface area contributed by atoms with E-state index in [1.165, 1.54) is 27.3 Å². The lowest BCUT2D eigenvalue weighted by Gasteiger charge is -2.27. The van der Waals surface area contributed by atoms with Crippen LogP contribution < -0.4 is 15.9 Å². The minimum Gasteiger partial charge on any atom is -0.293 e. The maximum absolute atomic E-state index is 12.9. The van der Waals surface area contributed by atoms with E-state index < -0.39 is 7.26 Å². The van der Waals surface area contributed by atoms with Gasteiger partial charge in [0.15, 0.2) is 5.78 Å². The molecule has 0 bridgehead atoms. The zero-order chi connectivity index (χ0) is 19.2. The number of carbonyl (C=O) groups is 1. The first kappa shape index (κ1) is 18.8. The van der Waals surface area contributed by atoms with Gasteiger partial charge in [0.05, 0.1) is 11.0 Å². The molecular weight excluding hydrogens is 379 g/mol. The van der Waals surface area contributed by atoms with Gasteiger partial charge in [-0.2, -0.15) is 0 Å². The third-order valence-corrected chi connectivity index (χ3v) is 10.4. The molecule has 0 spiro atoms. The number of rotatable bonds is 7. The van der Waals surface area contributed by atoms with Gasteiger partial charge in [0.1, 0.15) is 23.2 Å². The Morgan fingerprint density at radius 1 is 0.643 bits per heavy atom. The van der Waals surface area contributed by atoms with Crippen LogP contribution in [0.4, 0.5) is 0 Å². The number of hydrogen-bond acceptors (Lipinski definition) is 2. The van der Waals surface area contributed by atoms with E-state index in [1.54, 1.807) is 0 Å². The normalized spacial score (nSPS) is 11.3. The fraction of sp³-hybridized carbons (Fsp3) is 0.0800. The molecule has 0 aliphatic heterocycles. The van der Waals surface area contributed by atoms with Crippen LogP contribution in [-0.4, -0.2) is 11.9 Å². The Morgan fingerprint density at radius 2 is 1.11 bits per heavy atom. The third-order valence-electron chi connectivity index (χ3n) is 5.06. The summed E-state index contributed by atoms with van der Waals surface area (Å²) in [6, 6.07) is 36.1. The van der Waals surface area contributed by atoms with Crippen LogP contribution in [0.25, 0.3) is 0 Å². The van der Waals surface area contributed by atoms with Gasteiger partial charge in [-0.15, -0.1) is 11.3 Å². The van der Waals surface area contributed by atoms with Crippen LogP contribution in [-0.2, 0) is 0 Å². The molecule has 0 N–H and O–H groups in total. The maximum Gasteiger partial charge on any atom is 0.176 e. The Bertz CT molecular complexity index is 915. The summed E-state index contributed by atoms with van der Waals surface area (Å²) in [6.45, 7) is 0. The minimum atomic E-state index is -1.93. The highest BCUT2D eigenvalue weighted by Gasteiger charge is 2.45. The standard InChI is InChI=1S/C25H22OPS/c26-24(25-17-10-20-28-25)18-19-27(21-11-4-1-5-12-21,22-13-6-2-7-14-22)23-15-8-3-9-16-23/h1-17,20H,18-19H2/q+1. The van der Waals surface area contributed by atoms with Crippen LogP contribution in [0.5, 0.6) is 0 Å². The average Bonchev–Trinajstić information content (AvgIpc) is 3.31. The zero-order valence-electron chi connectivity index (χ0n) is 15.6. The Morgan fingerprint density at radius 3 is 1.50 bits per heavy atom. The summed E-state index contributed by atoms with van der Waals surface area (Å²) in [4.78, 5) is 13.7. The lowest BCUT2D eigenvalue weighted by Crippen LogP contribution is -2.34. The number of carbonyl (C=O) groups excluding carboxylic acids is 1. The van der Waals surface area contributed by atoms with E-state index in [9.17, 15) is 4.79 Å². The van der Waals surface area contributed by atoms with Gasteiger partial charge < -0.3 is 0 Å². The molecule has 0 aliphatic carbocycles. The van der Waals surface area contributed by atoms with Crippen molar-refractivity contribution in [3.8, 4) is 0 Å². The van der Waals surface area contributed by atoms with Gasteiger partial charge in [0.2, 0.25) is 0 Å². The molecule has 4 aromatic rings. The smallest absolute Gasteiger partial charge is 0.176 e. The van der Waals surface area contributed by atoms with E-state index in [-0.39, 0.29) is 5.78 Å². The highest BCUT2D eigenvalue weighted by atomic mass is 32.1. The molecule has 0 aliphatic rings. The summed E-state index contributed by atoms with van der Waals surface area (Å²) in [6.07, 6.45) is 1.38. The highest BCUT2D eigenvalue weighted by molar-refractivity contribution is 7.95. The van der Waals surface area contributed by atoms with Gasteiger partial charge in [-0.1, -0.05) is 60.7 Å². The van der Waals surface area contributed by atoms with E-state index in [1.807, 2.05) is 17.5 Å². The van der Waals surface area contributed by atoms with Crippen molar-refractivity contribution in [3.05, 3.63) is 113 Å². The minimum absolute atomic E-state index is 0.238. The second-order valence-corrected chi connectivity index (χ2v) is 11.3. The first-order valence-corrected chi connectivity index (χ1v) is 12.3. The van der Waals surface area contributed by atoms with Gasteiger partial charge in [-0.3, -0.25) is 4.79 Å². The third kappa shape index (κ3) is 3.71. The molecule has 0 saturated carbocycles. The maximum atomic E-state index is 12.9. The summed E-state index contributed by atoms with van der Waals surface area (Å²) < 4.78 is 0. The van der Waals surface area contributed by atoms with Crippen LogP contribution in [0.15, 0.2) is 109 Å². The van der Waals surface area contributed by atoms with Crippen LogP contribution in [0.3, 0.4) is 0 Å². The lowest BCUT2D eigenvalue weighted by molar-refractivity contribution is 0.0993. The monoisotopic (exact) mass is 401 g/mol. The number of benzene rings is 3. The molecule has 0 fully saturated rings. The second kappa shape index (κ2) is 8.65. The average molecular weight is 401 g/mol. The van der Waals surface area contributed by atoms with E-state index in [0.717, 1.165) is 11.0 Å². The van der Waals surface area contributed by atoms with E-state index in [4.69, 9.17) is 0 Å². The van der Waals surface area contributed by atoms with Gasteiger partial charge in [0, 0.05) is 6.42 Å². The molecule has 0 radical (unpaired) electrons. The molecule has 0 atom stereocenters. The van der Waals surface area contributed by atoms with Crippen molar-refractivity contribution >= 4 is 40.3 Å². The fourth-order valence-electron chi connectivity index (χ4n) is 3.71. The Hall–Kier alpha value is -2.54. The summed E-state index contributed by atoms with van der Waals surface area (Å²) in [5, 5.41) is 5.95. The molecule has 4 rings (SSSR count). The molecule has 1 aromatic heterocycles. The van der Waals surface area contributed by atoms with Crippen molar-refractivity contribution < 1.29 is 4.79 Å². The SMILES string of the molecule is O=C(CC[P+](c1ccccc1)(c1ccccc1)c1ccccc1)c1cccs1. The molecule has 28 heavy (non-hydrogen) atoms. The van der Waals surface area contributed by atoms with Crippen LogP contribution >= 0.6 is 18.6 Å². The topological polar surface area (TPSA) is 17.1 Å². The first-order chi connectivity index (χ1) is 13.8. The molecule has 1 nitrogen and oxygen atoms in total. The van der Waals surface area contributed by atoms with Crippen molar-refractivity contribution in [1.82, 2.24) is 0 Å². The van der Waals surface area contributed by atoms with Gasteiger partial charge in [-0.25, -0.2) is 0 Å². The Balaban J connectivity index is 1.84. The number of ketones is 1. The van der Waals surface area contributed by atoms with Crippen LogP contribution in [0.2, 0.25) is 0 Å². The number of Topliss-reactive ketones (excluding diaryl/α,β-unsaturated/α-hetero) is 1. The molecular formula is C25H22OPS+. The molecule has 0 saturated heterocycles. The molecule has 1 heterocycles. The van der Waals surface area contributed by atoms with E-state index >= 15 is 0 Å². The molecule has 0 amide bonds. The Kier molecular flexibility index (Phi) is 5.81. The quantitative estimate of drug-likeness (QED) is 0.303. The summed E-state index contributed by atoms with van der Waals surface area (Å²) in [7, 11) is -1.93. The lowest BCUT2D eigenvalue weighted by atomic mass is 10.3. The van der Waals surface area contributed by atoms with E-state index in [0.29, 0.717) is 6.42 Å². The van der Waals surface area contributed by atoms with Gasteiger partial charge >= 0.3 is 0 Å². The highest BCUT2D eigenvalue weighted by Crippen LogP contribution is 2.55. The summed E-state index contributed by atoms with van der Waals surface area (Å²) in [5.41, 5.74) is 0. The van der Waals surface area contributed by atoms with Crippen LogP contribution in [0.1, 0.15) is 16.1 Å². The Labute approximate surface area is 171 Å². The predicted octanol–water partition coefficient (Wildman–Crippen LogP) is 5.32. The zero-order valence-corrected chi connectivity index (χ0v) is 17.3. The van der Waals surface area contributed by atoms with Gasteiger partial charge in [-0.05, 0) is 47.8 Å². The van der Waals surface area contributed by atoms with Gasteiger partial charge in [0.25, 0.3) is 0 Å². The predicted molar refractivity (Wildman–Crippen MR) is 123 cm³/mol. The fourth-order valence-corrected chi connectivity index (χ4v) is 8.66. The number of hydrogen-bond donors (Lipinski definition) is 0. The van der Waals surface area contributed by atoms with Crippen molar-refractivity contribution in [1.29, 1.82) is 0 Å². The number of thiophene rings is 1. The summed E-state index contributed by atoms with van der Waals surface area (Å²) >= 11 is 1.53. The second-order valence-electron chi connectivity index (χ2n) is 6.69. The largest absolute Gasteiger partial charge is 0.293 e. The van der Waals surface area contributed by atoms with Crippen molar-refractivity contribution in [2.75, 3.05) is 6.16 Å².